The minimum absolute atomic E-state index is 0.107. The Morgan fingerprint density at radius 2 is 1.64 bits per heavy atom. The van der Waals surface area contributed by atoms with E-state index < -0.39 is 24.5 Å². The van der Waals surface area contributed by atoms with Crippen molar-refractivity contribution in [1.82, 2.24) is 5.32 Å². The maximum atomic E-state index is 11.8. The molecule has 1 N–H and O–H groups in total. The van der Waals surface area contributed by atoms with E-state index in [-0.39, 0.29) is 22.3 Å². The maximum Gasteiger partial charge on any atom is 0.349 e. The molecule has 0 aromatic heterocycles. The van der Waals surface area contributed by atoms with Gasteiger partial charge in [0.1, 0.15) is 12.3 Å². The van der Waals surface area contributed by atoms with Crippen LogP contribution in [-0.4, -0.2) is 43.3 Å². The minimum atomic E-state index is -2.56. The van der Waals surface area contributed by atoms with Crippen molar-refractivity contribution >= 4 is 49.3 Å². The van der Waals surface area contributed by atoms with E-state index in [0.717, 1.165) is 0 Å². The molecule has 2 heterocycles. The molecule has 25 heavy (non-hydrogen) atoms. The van der Waals surface area contributed by atoms with Crippen molar-refractivity contribution in [2.45, 2.75) is 73.8 Å². The molecule has 0 aromatic carbocycles. The zero-order chi connectivity index (χ0) is 19.3. The summed E-state index contributed by atoms with van der Waals surface area (Å²) in [6, 6.07) is 0. The van der Waals surface area contributed by atoms with Crippen LogP contribution in [0.1, 0.15) is 41.5 Å². The van der Waals surface area contributed by atoms with Crippen LogP contribution >= 0.6 is 34.8 Å². The SMILES string of the molecule is CC(C)(C)[Si]1(C(C)(C)C)OC[C@H]2O[C@H](NC(=O)C(Cl)(Cl)Cl)C=C[C@H]2O1. The lowest BCUT2D eigenvalue weighted by Gasteiger charge is -2.55. The summed E-state index contributed by atoms with van der Waals surface area (Å²) < 4.78 is 16.7. The predicted octanol–water partition coefficient (Wildman–Crippen LogP) is 4.21. The summed E-state index contributed by atoms with van der Waals surface area (Å²) in [5.74, 6) is -0.739. The lowest BCUT2D eigenvalue weighted by atomic mass is 10.1. The second kappa shape index (κ2) is 6.97. The normalized spacial score (nSPS) is 29.9. The monoisotopic (exact) mass is 429 g/mol. The number of amides is 1. The molecular weight excluding hydrogens is 405 g/mol. The number of alkyl halides is 3. The van der Waals surface area contributed by atoms with Crippen LogP contribution in [-0.2, 0) is 18.4 Å². The molecule has 0 saturated carbocycles. The third-order valence-electron chi connectivity index (χ3n) is 4.42. The van der Waals surface area contributed by atoms with Gasteiger partial charge >= 0.3 is 8.56 Å². The molecule has 1 saturated heterocycles. The van der Waals surface area contributed by atoms with Crippen molar-refractivity contribution in [3.63, 3.8) is 0 Å². The largest absolute Gasteiger partial charge is 0.391 e. The first-order valence-electron chi connectivity index (χ1n) is 8.21. The van der Waals surface area contributed by atoms with Gasteiger partial charge in [-0.25, -0.2) is 0 Å². The Morgan fingerprint density at radius 3 is 2.12 bits per heavy atom. The first kappa shape index (κ1) is 21.5. The van der Waals surface area contributed by atoms with E-state index in [2.05, 4.69) is 46.9 Å². The summed E-state index contributed by atoms with van der Waals surface area (Å²) in [6.45, 7) is 13.3. The van der Waals surface area contributed by atoms with Gasteiger partial charge in [-0.05, 0) is 6.08 Å². The number of carbonyl (C=O) groups excluding carboxylic acids is 1. The molecule has 5 nitrogen and oxygen atoms in total. The summed E-state index contributed by atoms with van der Waals surface area (Å²) in [5, 5.41) is 2.32. The lowest BCUT2D eigenvalue weighted by Crippen LogP contribution is -2.66. The van der Waals surface area contributed by atoms with Gasteiger partial charge in [0.05, 0.1) is 12.7 Å². The number of rotatable bonds is 1. The van der Waals surface area contributed by atoms with Crippen LogP contribution < -0.4 is 5.32 Å². The number of carbonyl (C=O) groups is 1. The quantitative estimate of drug-likeness (QED) is 0.384. The van der Waals surface area contributed by atoms with Crippen molar-refractivity contribution in [3.8, 4) is 0 Å². The van der Waals surface area contributed by atoms with Gasteiger partial charge in [0.2, 0.25) is 0 Å². The standard InChI is InChI=1S/C16H26Cl3NO4Si/c1-14(2,3)25(15(4,5)6)22-9-11-10(24-25)7-8-12(23-11)20-13(21)16(17,18)19/h7-8,10-12H,9H2,1-6H3,(H,20,21)/t10-,11-,12+/m1/s1. The Bertz CT molecular complexity index is 537. The third-order valence-corrected chi connectivity index (χ3v) is 10.1. The van der Waals surface area contributed by atoms with Crippen LogP contribution in [0.15, 0.2) is 12.2 Å². The van der Waals surface area contributed by atoms with Gasteiger partial charge in [0, 0.05) is 10.1 Å². The average Bonchev–Trinajstić information content (AvgIpc) is 2.43. The minimum Gasteiger partial charge on any atom is -0.391 e. The Morgan fingerprint density at radius 1 is 1.08 bits per heavy atom. The summed E-state index contributed by atoms with van der Waals surface area (Å²) >= 11 is 16.7. The second-order valence-electron chi connectivity index (χ2n) is 8.46. The Hall–Kier alpha value is 0.177. The van der Waals surface area contributed by atoms with Gasteiger partial charge in [-0.3, -0.25) is 4.79 Å². The van der Waals surface area contributed by atoms with Crippen molar-refractivity contribution in [1.29, 1.82) is 0 Å². The van der Waals surface area contributed by atoms with E-state index in [1.165, 1.54) is 0 Å². The number of fused-ring (bicyclic) bond motifs is 1. The van der Waals surface area contributed by atoms with E-state index in [1.807, 2.05) is 6.08 Å². The fraction of sp³-hybridized carbons (Fsp3) is 0.812. The van der Waals surface area contributed by atoms with Crippen LogP contribution in [0, 0.1) is 0 Å². The molecule has 144 valence electrons. The smallest absolute Gasteiger partial charge is 0.349 e. The fourth-order valence-corrected chi connectivity index (χ4v) is 8.59. The van der Waals surface area contributed by atoms with Crippen molar-refractivity contribution < 1.29 is 18.4 Å². The van der Waals surface area contributed by atoms with Crippen LogP contribution in [0.5, 0.6) is 0 Å². The van der Waals surface area contributed by atoms with E-state index in [9.17, 15) is 4.79 Å². The Kier molecular flexibility index (Phi) is 5.98. The zero-order valence-corrected chi connectivity index (χ0v) is 18.6. The fourth-order valence-electron chi connectivity index (χ4n) is 3.52. The Balaban J connectivity index is 2.16. The topological polar surface area (TPSA) is 56.8 Å². The third kappa shape index (κ3) is 4.37. The van der Waals surface area contributed by atoms with Gasteiger partial charge in [-0.2, -0.15) is 0 Å². The summed E-state index contributed by atoms with van der Waals surface area (Å²) in [7, 11) is -2.56. The van der Waals surface area contributed by atoms with Gasteiger partial charge in [-0.1, -0.05) is 82.4 Å². The molecule has 9 heteroatoms. The molecule has 1 fully saturated rings. The van der Waals surface area contributed by atoms with Crippen LogP contribution in [0.2, 0.25) is 10.1 Å². The maximum absolute atomic E-state index is 11.8. The lowest BCUT2D eigenvalue weighted by molar-refractivity contribution is -0.138. The average molecular weight is 431 g/mol. The highest BCUT2D eigenvalue weighted by Gasteiger charge is 2.62. The number of nitrogens with one attached hydrogen (secondary N) is 1. The Labute approximate surface area is 165 Å². The van der Waals surface area contributed by atoms with Crippen LogP contribution in [0.25, 0.3) is 0 Å². The molecule has 2 aliphatic rings. The van der Waals surface area contributed by atoms with E-state index in [1.54, 1.807) is 6.08 Å². The van der Waals surface area contributed by atoms with E-state index in [0.29, 0.717) is 6.61 Å². The molecule has 2 aliphatic heterocycles. The molecule has 0 unspecified atom stereocenters. The first-order valence-corrected chi connectivity index (χ1v) is 11.2. The molecule has 0 bridgehead atoms. The number of halogens is 3. The summed E-state index contributed by atoms with van der Waals surface area (Å²) in [6.07, 6.45) is 2.38. The van der Waals surface area contributed by atoms with E-state index >= 15 is 0 Å². The van der Waals surface area contributed by atoms with Gasteiger partial charge in [0.15, 0.2) is 0 Å². The highest BCUT2D eigenvalue weighted by molar-refractivity contribution is 6.76. The molecule has 0 aromatic rings. The summed E-state index contributed by atoms with van der Waals surface area (Å²) in [4.78, 5) is 11.8. The van der Waals surface area contributed by atoms with E-state index in [4.69, 9.17) is 48.4 Å². The molecular formula is C16H26Cl3NO4Si. The van der Waals surface area contributed by atoms with Crippen LogP contribution in [0.3, 0.4) is 0 Å². The van der Waals surface area contributed by atoms with Crippen molar-refractivity contribution in [2.75, 3.05) is 6.61 Å². The molecule has 2 rings (SSSR count). The molecule has 0 radical (unpaired) electrons. The molecule has 0 spiro atoms. The second-order valence-corrected chi connectivity index (χ2v) is 15.5. The van der Waals surface area contributed by atoms with Crippen molar-refractivity contribution in [2.24, 2.45) is 0 Å². The first-order chi connectivity index (χ1) is 11.2. The molecule has 3 atom stereocenters. The zero-order valence-electron chi connectivity index (χ0n) is 15.4. The summed E-state index contributed by atoms with van der Waals surface area (Å²) in [5.41, 5.74) is 0. The van der Waals surface area contributed by atoms with Gasteiger partial charge in [0.25, 0.3) is 9.70 Å². The van der Waals surface area contributed by atoms with Crippen LogP contribution in [0.4, 0.5) is 0 Å². The predicted molar refractivity (Wildman–Crippen MR) is 102 cm³/mol. The molecule has 1 amide bonds. The number of hydrogen-bond acceptors (Lipinski definition) is 4. The van der Waals surface area contributed by atoms with Crippen molar-refractivity contribution in [3.05, 3.63) is 12.2 Å². The van der Waals surface area contributed by atoms with Gasteiger partial charge < -0.3 is 18.9 Å². The number of ether oxygens (including phenoxy) is 1. The number of hydrogen-bond donors (Lipinski definition) is 1. The highest BCUT2D eigenvalue weighted by Crippen LogP contribution is 2.54. The van der Waals surface area contributed by atoms with Gasteiger partial charge in [-0.15, -0.1) is 0 Å². The molecule has 0 aliphatic carbocycles. The highest BCUT2D eigenvalue weighted by atomic mass is 35.6.